The zero-order valence-corrected chi connectivity index (χ0v) is 11.6. The van der Waals surface area contributed by atoms with Gasteiger partial charge in [0.1, 0.15) is 0 Å². The van der Waals surface area contributed by atoms with E-state index in [1.807, 2.05) is 13.1 Å². The molecule has 110 valence electrons. The number of hydrogen-bond acceptors (Lipinski definition) is 3. The van der Waals surface area contributed by atoms with Crippen LogP contribution in [0.5, 0.6) is 0 Å². The van der Waals surface area contributed by atoms with Gasteiger partial charge in [-0.2, -0.15) is 5.10 Å². The average molecular weight is 280 g/mol. The van der Waals surface area contributed by atoms with Gasteiger partial charge in [0.05, 0.1) is 19.2 Å². The molecule has 1 atom stereocenters. The Labute approximate surface area is 117 Å². The number of urea groups is 1. The van der Waals surface area contributed by atoms with Gasteiger partial charge in [0.2, 0.25) is 0 Å². The van der Waals surface area contributed by atoms with Gasteiger partial charge >= 0.3 is 12.0 Å². The number of carbonyl (C=O) groups is 2. The first-order valence-electron chi connectivity index (χ1n) is 6.81. The summed E-state index contributed by atoms with van der Waals surface area (Å²) < 4.78 is 1.77. The number of amides is 2. The molecule has 0 radical (unpaired) electrons. The van der Waals surface area contributed by atoms with Crippen molar-refractivity contribution in [2.75, 3.05) is 13.1 Å². The van der Waals surface area contributed by atoms with Gasteiger partial charge in [-0.3, -0.25) is 9.48 Å². The molecule has 20 heavy (non-hydrogen) atoms. The lowest BCUT2D eigenvalue weighted by Crippen LogP contribution is -2.44. The highest BCUT2D eigenvalue weighted by Crippen LogP contribution is 2.19. The van der Waals surface area contributed by atoms with E-state index in [1.165, 1.54) is 0 Å². The Balaban J connectivity index is 1.77. The molecule has 1 aliphatic heterocycles. The number of rotatable bonds is 5. The fourth-order valence-electron chi connectivity index (χ4n) is 2.49. The molecule has 0 aliphatic carbocycles. The van der Waals surface area contributed by atoms with Crippen LogP contribution in [0.3, 0.4) is 0 Å². The fraction of sp³-hybridized carbons (Fsp3) is 0.615. The topological polar surface area (TPSA) is 87.5 Å². The molecule has 1 unspecified atom stereocenters. The quantitative estimate of drug-likeness (QED) is 0.836. The molecule has 1 aliphatic rings. The lowest BCUT2D eigenvalue weighted by molar-refractivity contribution is -0.137. The van der Waals surface area contributed by atoms with E-state index in [4.69, 9.17) is 5.11 Å². The van der Waals surface area contributed by atoms with E-state index >= 15 is 0 Å². The van der Waals surface area contributed by atoms with Crippen molar-refractivity contribution in [1.82, 2.24) is 20.0 Å². The summed E-state index contributed by atoms with van der Waals surface area (Å²) in [6.45, 7) is 3.68. The maximum absolute atomic E-state index is 12.0. The molecule has 0 saturated carbocycles. The average Bonchev–Trinajstić information content (AvgIpc) is 2.98. The monoisotopic (exact) mass is 280 g/mol. The van der Waals surface area contributed by atoms with Gasteiger partial charge in [0, 0.05) is 25.3 Å². The third kappa shape index (κ3) is 3.72. The highest BCUT2D eigenvalue weighted by atomic mass is 16.4. The van der Waals surface area contributed by atoms with Crippen molar-refractivity contribution in [2.45, 2.75) is 38.8 Å². The molecule has 0 bridgehead atoms. The van der Waals surface area contributed by atoms with Crippen LogP contribution >= 0.6 is 0 Å². The number of likely N-dealkylation sites (tertiary alicyclic amines) is 1. The van der Waals surface area contributed by atoms with Crippen LogP contribution in [0.15, 0.2) is 12.4 Å². The Morgan fingerprint density at radius 1 is 1.55 bits per heavy atom. The Kier molecular flexibility index (Phi) is 4.60. The molecule has 2 rings (SSSR count). The van der Waals surface area contributed by atoms with E-state index in [2.05, 4.69) is 10.4 Å². The van der Waals surface area contributed by atoms with Crippen molar-refractivity contribution in [3.05, 3.63) is 18.0 Å². The minimum Gasteiger partial charge on any atom is -0.481 e. The first kappa shape index (κ1) is 14.4. The molecule has 1 fully saturated rings. The van der Waals surface area contributed by atoms with E-state index in [1.54, 1.807) is 15.8 Å². The van der Waals surface area contributed by atoms with Gasteiger partial charge in [-0.25, -0.2) is 4.79 Å². The highest BCUT2D eigenvalue weighted by molar-refractivity contribution is 5.76. The smallest absolute Gasteiger partial charge is 0.317 e. The largest absolute Gasteiger partial charge is 0.481 e. The van der Waals surface area contributed by atoms with Crippen LogP contribution in [0, 0.1) is 6.92 Å². The van der Waals surface area contributed by atoms with Crippen molar-refractivity contribution < 1.29 is 14.7 Å². The van der Waals surface area contributed by atoms with E-state index in [0.29, 0.717) is 19.6 Å². The van der Waals surface area contributed by atoms with Crippen molar-refractivity contribution in [2.24, 2.45) is 0 Å². The SMILES string of the molecule is Cc1cnn(CCNC(=O)N2CCCC2CC(=O)O)c1. The Morgan fingerprint density at radius 2 is 2.35 bits per heavy atom. The molecule has 1 aromatic heterocycles. The van der Waals surface area contributed by atoms with Crippen LogP contribution in [-0.2, 0) is 11.3 Å². The molecule has 7 nitrogen and oxygen atoms in total. The molecule has 2 N–H and O–H groups in total. The number of aryl methyl sites for hydroxylation is 1. The van der Waals surface area contributed by atoms with Gasteiger partial charge in [0.15, 0.2) is 0 Å². The summed E-state index contributed by atoms with van der Waals surface area (Å²) in [4.78, 5) is 24.4. The predicted octanol–water partition coefficient (Wildman–Crippen LogP) is 0.840. The van der Waals surface area contributed by atoms with Gasteiger partial charge in [-0.15, -0.1) is 0 Å². The highest BCUT2D eigenvalue weighted by Gasteiger charge is 2.30. The Bertz CT molecular complexity index is 486. The lowest BCUT2D eigenvalue weighted by Gasteiger charge is -2.23. The number of hydrogen-bond donors (Lipinski definition) is 2. The summed E-state index contributed by atoms with van der Waals surface area (Å²) in [5.74, 6) is -0.860. The number of carbonyl (C=O) groups excluding carboxylic acids is 1. The van der Waals surface area contributed by atoms with Crippen LogP contribution < -0.4 is 5.32 Å². The summed E-state index contributed by atoms with van der Waals surface area (Å²) >= 11 is 0. The fourth-order valence-corrected chi connectivity index (χ4v) is 2.49. The summed E-state index contributed by atoms with van der Waals surface area (Å²) in [6, 6.07) is -0.364. The van der Waals surface area contributed by atoms with Crippen LogP contribution in [0.25, 0.3) is 0 Å². The maximum Gasteiger partial charge on any atom is 0.317 e. The number of aromatic nitrogens is 2. The minimum atomic E-state index is -0.860. The maximum atomic E-state index is 12.0. The van der Waals surface area contributed by atoms with Crippen molar-refractivity contribution in [3.8, 4) is 0 Å². The second-order valence-corrected chi connectivity index (χ2v) is 5.10. The summed E-state index contributed by atoms with van der Waals surface area (Å²) in [7, 11) is 0. The molecule has 1 saturated heterocycles. The lowest BCUT2D eigenvalue weighted by atomic mass is 10.1. The van der Waals surface area contributed by atoms with E-state index in [-0.39, 0.29) is 18.5 Å². The molecular formula is C13H20N4O3. The first-order valence-corrected chi connectivity index (χ1v) is 6.81. The summed E-state index contributed by atoms with van der Waals surface area (Å²) in [6.07, 6.45) is 5.33. The zero-order valence-electron chi connectivity index (χ0n) is 11.6. The van der Waals surface area contributed by atoms with Gasteiger partial charge in [-0.1, -0.05) is 0 Å². The Morgan fingerprint density at radius 3 is 3.00 bits per heavy atom. The van der Waals surface area contributed by atoms with Gasteiger partial charge < -0.3 is 15.3 Å². The standard InChI is InChI=1S/C13H20N4O3/c1-10-8-15-16(9-10)6-4-14-13(20)17-5-2-3-11(17)7-12(18)19/h8-9,11H,2-7H2,1H3,(H,14,20)(H,18,19). The number of nitrogens with one attached hydrogen (secondary N) is 1. The van der Waals surface area contributed by atoms with Crippen LogP contribution in [0.4, 0.5) is 4.79 Å². The zero-order chi connectivity index (χ0) is 14.5. The summed E-state index contributed by atoms with van der Waals surface area (Å²) in [5.41, 5.74) is 1.08. The van der Waals surface area contributed by atoms with Crippen molar-refractivity contribution in [1.29, 1.82) is 0 Å². The number of carboxylic acids is 1. The van der Waals surface area contributed by atoms with E-state index < -0.39 is 5.97 Å². The Hall–Kier alpha value is -2.05. The molecule has 1 aromatic rings. The molecule has 0 spiro atoms. The van der Waals surface area contributed by atoms with Crippen LogP contribution in [-0.4, -0.2) is 50.9 Å². The third-order valence-corrected chi connectivity index (χ3v) is 3.43. The first-order chi connectivity index (χ1) is 9.56. The van der Waals surface area contributed by atoms with Crippen LogP contribution in [0.1, 0.15) is 24.8 Å². The summed E-state index contributed by atoms with van der Waals surface area (Å²) in [5, 5.41) is 15.8. The third-order valence-electron chi connectivity index (χ3n) is 3.43. The molecule has 2 heterocycles. The van der Waals surface area contributed by atoms with E-state index in [0.717, 1.165) is 18.4 Å². The van der Waals surface area contributed by atoms with Gasteiger partial charge in [-0.05, 0) is 25.3 Å². The predicted molar refractivity (Wildman–Crippen MR) is 72.3 cm³/mol. The second kappa shape index (κ2) is 6.40. The molecule has 0 aromatic carbocycles. The number of carboxylic acid groups (broad SMARTS) is 1. The second-order valence-electron chi connectivity index (χ2n) is 5.10. The van der Waals surface area contributed by atoms with E-state index in [9.17, 15) is 9.59 Å². The van der Waals surface area contributed by atoms with Gasteiger partial charge in [0.25, 0.3) is 0 Å². The van der Waals surface area contributed by atoms with Crippen molar-refractivity contribution >= 4 is 12.0 Å². The minimum absolute atomic E-state index is 0.0196. The van der Waals surface area contributed by atoms with Crippen molar-refractivity contribution in [3.63, 3.8) is 0 Å². The normalized spacial score (nSPS) is 18.2. The molecular weight excluding hydrogens is 260 g/mol. The van der Waals surface area contributed by atoms with Crippen LogP contribution in [0.2, 0.25) is 0 Å². The molecule has 2 amide bonds. The number of aliphatic carboxylic acids is 1. The number of nitrogens with zero attached hydrogens (tertiary/aromatic N) is 3. The molecule has 7 heteroatoms.